The summed E-state index contributed by atoms with van der Waals surface area (Å²) in [5, 5.41) is 12.1. The number of hydrogen-bond acceptors (Lipinski definition) is 3. The highest BCUT2D eigenvalue weighted by Crippen LogP contribution is 2.39. The molecular formula is C27H39Cl3N2O. The highest BCUT2D eigenvalue weighted by atomic mass is 35.5. The van der Waals surface area contributed by atoms with Crippen molar-refractivity contribution in [1.29, 1.82) is 0 Å². The highest BCUT2D eigenvalue weighted by molar-refractivity contribution is 6.30. The van der Waals surface area contributed by atoms with Crippen LogP contribution in [0, 0.1) is 0 Å². The fourth-order valence-electron chi connectivity index (χ4n) is 5.48. The van der Waals surface area contributed by atoms with Crippen LogP contribution < -0.4 is 0 Å². The van der Waals surface area contributed by atoms with Crippen LogP contribution in [0.25, 0.3) is 0 Å². The third-order valence-electron chi connectivity index (χ3n) is 7.34. The van der Waals surface area contributed by atoms with E-state index in [2.05, 4.69) is 59.2 Å². The van der Waals surface area contributed by atoms with Gasteiger partial charge in [0.25, 0.3) is 0 Å². The van der Waals surface area contributed by atoms with Gasteiger partial charge in [-0.15, -0.1) is 24.8 Å². The molecule has 2 aromatic carbocycles. The summed E-state index contributed by atoms with van der Waals surface area (Å²) in [4.78, 5) is 5.18. The van der Waals surface area contributed by atoms with Crippen molar-refractivity contribution in [3.8, 4) is 0 Å². The normalized spacial score (nSPS) is 20.8. The maximum absolute atomic E-state index is 11.3. The summed E-state index contributed by atoms with van der Waals surface area (Å²) in [5.41, 5.74) is 2.13. The molecule has 1 N–H and O–H groups in total. The second-order valence-corrected chi connectivity index (χ2v) is 10.1. The maximum Gasteiger partial charge on any atom is 0.0666 e. The Balaban J connectivity index is 0.00000193. The largest absolute Gasteiger partial charge is 0.390 e. The van der Waals surface area contributed by atoms with Crippen molar-refractivity contribution in [3.05, 3.63) is 70.7 Å². The van der Waals surface area contributed by atoms with Crippen LogP contribution in [-0.4, -0.2) is 53.2 Å². The summed E-state index contributed by atoms with van der Waals surface area (Å²) in [6.45, 7) is 7.65. The molecule has 0 bridgehead atoms. The van der Waals surface area contributed by atoms with E-state index in [0.29, 0.717) is 5.92 Å². The van der Waals surface area contributed by atoms with Crippen LogP contribution in [0.2, 0.25) is 5.02 Å². The Bertz CT molecular complexity index is 821. The molecule has 2 aliphatic rings. The molecule has 2 atom stereocenters. The first-order valence-electron chi connectivity index (χ1n) is 12.0. The lowest BCUT2D eigenvalue weighted by Crippen LogP contribution is -2.50. The molecule has 2 fully saturated rings. The molecule has 6 heteroatoms. The molecule has 3 nitrogen and oxygen atoms in total. The molecule has 1 saturated heterocycles. The lowest BCUT2D eigenvalue weighted by atomic mass is 9.79. The first-order valence-corrected chi connectivity index (χ1v) is 12.4. The van der Waals surface area contributed by atoms with Gasteiger partial charge in [-0.25, -0.2) is 0 Å². The Morgan fingerprint density at radius 1 is 0.879 bits per heavy atom. The summed E-state index contributed by atoms with van der Waals surface area (Å²) < 4.78 is 0. The molecule has 1 heterocycles. The third-order valence-corrected chi connectivity index (χ3v) is 7.57. The van der Waals surface area contributed by atoms with Crippen LogP contribution in [-0.2, 0) is 0 Å². The molecule has 0 aromatic heterocycles. The van der Waals surface area contributed by atoms with Gasteiger partial charge in [-0.05, 0) is 48.4 Å². The van der Waals surface area contributed by atoms with Gasteiger partial charge in [-0.3, -0.25) is 4.90 Å². The number of benzene rings is 2. The van der Waals surface area contributed by atoms with E-state index in [4.69, 9.17) is 11.6 Å². The fraction of sp³-hybridized carbons (Fsp3) is 0.556. The maximum atomic E-state index is 11.3. The van der Waals surface area contributed by atoms with Gasteiger partial charge in [-0.2, -0.15) is 0 Å². The van der Waals surface area contributed by atoms with Crippen LogP contribution in [0.1, 0.15) is 68.5 Å². The number of rotatable bonds is 7. The zero-order chi connectivity index (χ0) is 21.7. The minimum Gasteiger partial charge on any atom is -0.390 e. The lowest BCUT2D eigenvalue weighted by molar-refractivity contribution is -0.0344. The SMILES string of the molecule is CC(CN1CCN(C(CC2(O)CCCCC2)c2cccc(Cl)c2)CC1)c1ccccc1.Cl.Cl. The molecule has 1 saturated carbocycles. The van der Waals surface area contributed by atoms with Gasteiger partial charge in [0, 0.05) is 43.8 Å². The van der Waals surface area contributed by atoms with Crippen LogP contribution in [0.3, 0.4) is 0 Å². The molecule has 4 rings (SSSR count). The molecule has 33 heavy (non-hydrogen) atoms. The first kappa shape index (κ1) is 28.4. The Hall–Kier alpha value is -0.810. The second-order valence-electron chi connectivity index (χ2n) is 9.71. The van der Waals surface area contributed by atoms with Crippen LogP contribution in [0.4, 0.5) is 0 Å². The molecule has 0 radical (unpaired) electrons. The van der Waals surface area contributed by atoms with Crippen molar-refractivity contribution in [2.24, 2.45) is 0 Å². The van der Waals surface area contributed by atoms with Crippen molar-refractivity contribution < 1.29 is 5.11 Å². The first-order chi connectivity index (χ1) is 15.0. The molecule has 0 spiro atoms. The van der Waals surface area contributed by atoms with E-state index in [-0.39, 0.29) is 30.9 Å². The molecule has 1 aliphatic carbocycles. The van der Waals surface area contributed by atoms with E-state index >= 15 is 0 Å². The zero-order valence-corrected chi connectivity index (χ0v) is 22.1. The summed E-state index contributed by atoms with van der Waals surface area (Å²) in [6, 6.07) is 19.3. The van der Waals surface area contributed by atoms with E-state index in [1.54, 1.807) is 0 Å². The predicted octanol–water partition coefficient (Wildman–Crippen LogP) is 6.73. The van der Waals surface area contributed by atoms with Gasteiger partial charge >= 0.3 is 0 Å². The Kier molecular flexibility index (Phi) is 11.5. The summed E-state index contributed by atoms with van der Waals surface area (Å²) in [6.07, 6.45) is 6.21. The van der Waals surface area contributed by atoms with Crippen molar-refractivity contribution in [2.75, 3.05) is 32.7 Å². The van der Waals surface area contributed by atoms with E-state index in [1.165, 1.54) is 17.5 Å². The average Bonchev–Trinajstić information content (AvgIpc) is 2.79. The second kappa shape index (κ2) is 13.3. The van der Waals surface area contributed by atoms with Gasteiger partial charge in [0.1, 0.15) is 0 Å². The molecule has 1 aliphatic heterocycles. The van der Waals surface area contributed by atoms with Gasteiger partial charge < -0.3 is 10.0 Å². The van der Waals surface area contributed by atoms with E-state index in [9.17, 15) is 5.11 Å². The predicted molar refractivity (Wildman–Crippen MR) is 144 cm³/mol. The fourth-order valence-corrected chi connectivity index (χ4v) is 5.68. The van der Waals surface area contributed by atoms with Crippen LogP contribution >= 0.6 is 36.4 Å². The van der Waals surface area contributed by atoms with E-state index < -0.39 is 5.60 Å². The summed E-state index contributed by atoms with van der Waals surface area (Å²) >= 11 is 6.35. The monoisotopic (exact) mass is 512 g/mol. The van der Waals surface area contributed by atoms with Crippen molar-refractivity contribution in [2.45, 2.75) is 63.0 Å². The lowest BCUT2D eigenvalue weighted by Gasteiger charge is -2.44. The number of halogens is 3. The van der Waals surface area contributed by atoms with E-state index in [0.717, 1.165) is 69.9 Å². The molecular weight excluding hydrogens is 475 g/mol. The Labute approximate surface area is 217 Å². The van der Waals surface area contributed by atoms with Gasteiger partial charge in [0.05, 0.1) is 5.60 Å². The van der Waals surface area contributed by atoms with E-state index in [1.807, 2.05) is 12.1 Å². The Morgan fingerprint density at radius 2 is 1.52 bits per heavy atom. The van der Waals surface area contributed by atoms with Crippen LogP contribution in [0.15, 0.2) is 54.6 Å². The van der Waals surface area contributed by atoms with Gasteiger partial charge in [0.2, 0.25) is 0 Å². The van der Waals surface area contributed by atoms with Crippen molar-refractivity contribution >= 4 is 36.4 Å². The quantitative estimate of drug-likeness (QED) is 0.444. The van der Waals surface area contributed by atoms with Gasteiger partial charge in [-0.1, -0.05) is 80.3 Å². The number of hydrogen-bond donors (Lipinski definition) is 1. The standard InChI is InChI=1S/C27H37ClN2O.2ClH/c1-22(23-9-4-2-5-10-23)21-29-15-17-30(18-16-29)26(24-11-8-12-25(28)19-24)20-27(31)13-6-3-7-14-27;;/h2,4-5,8-12,19,22,26,31H,3,6-7,13-18,20-21H2,1H3;2*1H. The van der Waals surface area contributed by atoms with Crippen molar-refractivity contribution in [3.63, 3.8) is 0 Å². The summed E-state index contributed by atoms with van der Waals surface area (Å²) in [5.74, 6) is 0.541. The number of piperazine rings is 1. The minimum absolute atomic E-state index is 0. The molecule has 2 unspecified atom stereocenters. The smallest absolute Gasteiger partial charge is 0.0666 e. The molecule has 184 valence electrons. The summed E-state index contributed by atoms with van der Waals surface area (Å²) in [7, 11) is 0. The average molecular weight is 514 g/mol. The van der Waals surface area contributed by atoms with Crippen LogP contribution in [0.5, 0.6) is 0 Å². The molecule has 2 aromatic rings. The number of aliphatic hydroxyl groups is 1. The third kappa shape index (κ3) is 7.85. The topological polar surface area (TPSA) is 26.7 Å². The number of nitrogens with zero attached hydrogens (tertiary/aromatic N) is 2. The van der Waals surface area contributed by atoms with Gasteiger partial charge in [0.15, 0.2) is 0 Å². The highest BCUT2D eigenvalue weighted by Gasteiger charge is 2.36. The Morgan fingerprint density at radius 3 is 2.15 bits per heavy atom. The minimum atomic E-state index is -0.538. The molecule has 0 amide bonds. The van der Waals surface area contributed by atoms with Crippen molar-refractivity contribution in [1.82, 2.24) is 9.80 Å². The zero-order valence-electron chi connectivity index (χ0n) is 19.7.